The number of rotatable bonds is 15. The van der Waals surface area contributed by atoms with Gasteiger partial charge in [-0.05, 0) is 65.7 Å². The maximum atomic E-state index is 14.4. The molecule has 8 atom stereocenters. The SMILES string of the molecule is CC(C)COC(=O)N[C@H](C(=O)N1C[C@H]2[C@@H]([C@H]1C(=O)NC(C(=O)C(=O)NCC(=O)NC(C(=O)N(C)C)c1ccccc1)[C@H]1C[C@@H]1C)C2(C)C)C1CCCCC1. The lowest BCUT2D eigenvalue weighted by molar-refractivity contribution is -0.145. The molecule has 3 saturated carbocycles. The standard InChI is InChI=1S/C40H58N6O8/c1-22(2)21-54-39(53)44-31(25-16-12-9-13-17-25)38(52)46-20-27-29(40(27,4)5)33(46)35(49)43-32(26-18-23(26)3)34(48)36(50)41-19-28(47)42-30(37(51)45(6)7)24-14-10-8-11-15-24/h8,10-11,14-15,22-23,25-27,29-33H,9,12-13,16-21H2,1-7H3,(H,41,50)(H,42,47)(H,43,49)(H,44,53)/t23-,26-,27-,29-,30?,31-,32?,33-/m0/s1. The van der Waals surface area contributed by atoms with Crippen LogP contribution in [0, 0.1) is 40.9 Å². The molecule has 5 rings (SSSR count). The van der Waals surface area contributed by atoms with E-state index in [4.69, 9.17) is 4.74 Å². The zero-order chi connectivity index (χ0) is 39.5. The Hall–Kier alpha value is -4.49. The van der Waals surface area contributed by atoms with Crippen molar-refractivity contribution in [3.63, 3.8) is 0 Å². The Morgan fingerprint density at radius 1 is 0.926 bits per heavy atom. The summed E-state index contributed by atoms with van der Waals surface area (Å²) in [5.41, 5.74) is 0.343. The fourth-order valence-corrected chi connectivity index (χ4v) is 8.46. The van der Waals surface area contributed by atoms with E-state index in [0.717, 1.165) is 32.1 Å². The molecule has 14 nitrogen and oxygen atoms in total. The van der Waals surface area contributed by atoms with Crippen LogP contribution >= 0.6 is 0 Å². The van der Waals surface area contributed by atoms with Crippen LogP contribution in [0.1, 0.15) is 84.7 Å². The molecule has 4 fully saturated rings. The Kier molecular flexibility index (Phi) is 12.7. The van der Waals surface area contributed by atoms with Gasteiger partial charge in [0, 0.05) is 20.6 Å². The highest BCUT2D eigenvalue weighted by Gasteiger charge is 2.70. The molecule has 1 aromatic carbocycles. The van der Waals surface area contributed by atoms with Crippen LogP contribution < -0.4 is 21.3 Å². The van der Waals surface area contributed by atoms with Crippen molar-refractivity contribution in [1.82, 2.24) is 31.1 Å². The average molecular weight is 751 g/mol. The molecule has 4 aliphatic rings. The van der Waals surface area contributed by atoms with Crippen molar-refractivity contribution < 1.29 is 38.3 Å². The van der Waals surface area contributed by atoms with Gasteiger partial charge in [0.15, 0.2) is 0 Å². The van der Waals surface area contributed by atoms with Crippen LogP contribution in [-0.4, -0.2) is 103 Å². The van der Waals surface area contributed by atoms with Gasteiger partial charge in [0.25, 0.3) is 5.91 Å². The Morgan fingerprint density at radius 3 is 2.17 bits per heavy atom. The fraction of sp³-hybridized carbons (Fsp3) is 0.675. The van der Waals surface area contributed by atoms with Gasteiger partial charge in [0.05, 0.1) is 13.2 Å². The van der Waals surface area contributed by atoms with E-state index in [0.29, 0.717) is 18.5 Å². The van der Waals surface area contributed by atoms with Crippen molar-refractivity contribution in [3.8, 4) is 0 Å². The Balaban J connectivity index is 1.27. The molecule has 296 valence electrons. The van der Waals surface area contributed by atoms with Gasteiger partial charge in [-0.3, -0.25) is 28.8 Å². The summed E-state index contributed by atoms with van der Waals surface area (Å²) >= 11 is 0. The van der Waals surface area contributed by atoms with Gasteiger partial charge in [-0.15, -0.1) is 0 Å². The van der Waals surface area contributed by atoms with Gasteiger partial charge in [-0.25, -0.2) is 4.79 Å². The van der Waals surface area contributed by atoms with Crippen LogP contribution in [0.5, 0.6) is 0 Å². The summed E-state index contributed by atoms with van der Waals surface area (Å²) in [5, 5.41) is 10.7. The third kappa shape index (κ3) is 9.23. The summed E-state index contributed by atoms with van der Waals surface area (Å²) in [6, 6.07) is 4.79. The maximum Gasteiger partial charge on any atom is 0.407 e. The monoisotopic (exact) mass is 750 g/mol. The summed E-state index contributed by atoms with van der Waals surface area (Å²) in [4.78, 5) is 97.3. The minimum absolute atomic E-state index is 0.0620. The summed E-state index contributed by atoms with van der Waals surface area (Å²) in [6.45, 7) is 9.89. The van der Waals surface area contributed by atoms with Crippen molar-refractivity contribution >= 4 is 41.4 Å². The third-order valence-corrected chi connectivity index (χ3v) is 11.9. The first-order valence-electron chi connectivity index (χ1n) is 19.4. The van der Waals surface area contributed by atoms with Crippen LogP contribution in [0.25, 0.3) is 0 Å². The Bertz CT molecular complexity index is 1590. The zero-order valence-corrected chi connectivity index (χ0v) is 32.7. The second kappa shape index (κ2) is 16.9. The zero-order valence-electron chi connectivity index (χ0n) is 32.7. The van der Waals surface area contributed by atoms with Gasteiger partial charge in [-0.1, -0.05) is 84.2 Å². The highest BCUT2D eigenvalue weighted by atomic mass is 16.5. The topological polar surface area (TPSA) is 183 Å². The van der Waals surface area contributed by atoms with E-state index >= 15 is 0 Å². The van der Waals surface area contributed by atoms with E-state index in [9.17, 15) is 33.6 Å². The molecule has 6 amide bonds. The summed E-state index contributed by atoms with van der Waals surface area (Å²) < 4.78 is 5.40. The predicted octanol–water partition coefficient (Wildman–Crippen LogP) is 2.57. The number of likely N-dealkylation sites (tertiary alicyclic amines) is 1. The molecular weight excluding hydrogens is 692 g/mol. The van der Waals surface area contributed by atoms with Gasteiger partial charge < -0.3 is 35.8 Å². The molecule has 2 unspecified atom stereocenters. The molecule has 0 bridgehead atoms. The number of ketones is 1. The fourth-order valence-electron chi connectivity index (χ4n) is 8.46. The largest absolute Gasteiger partial charge is 0.449 e. The van der Waals surface area contributed by atoms with E-state index in [1.165, 1.54) is 4.90 Å². The number of alkyl carbamates (subject to hydrolysis) is 1. The molecule has 0 radical (unpaired) electrons. The molecule has 54 heavy (non-hydrogen) atoms. The molecule has 3 aliphatic carbocycles. The Morgan fingerprint density at radius 2 is 1.57 bits per heavy atom. The number of nitrogens with zero attached hydrogens (tertiary/aromatic N) is 2. The lowest BCUT2D eigenvalue weighted by atomic mass is 9.83. The van der Waals surface area contributed by atoms with E-state index in [-0.39, 0.29) is 59.3 Å². The molecule has 4 N–H and O–H groups in total. The highest BCUT2D eigenvalue weighted by Crippen LogP contribution is 2.65. The van der Waals surface area contributed by atoms with Gasteiger partial charge in [0.1, 0.15) is 24.2 Å². The van der Waals surface area contributed by atoms with Crippen LogP contribution in [0.15, 0.2) is 30.3 Å². The molecule has 14 heteroatoms. The smallest absolute Gasteiger partial charge is 0.407 e. The number of hydrogen-bond acceptors (Lipinski definition) is 8. The molecule has 1 heterocycles. The van der Waals surface area contributed by atoms with Crippen molar-refractivity contribution in [3.05, 3.63) is 35.9 Å². The van der Waals surface area contributed by atoms with Gasteiger partial charge >= 0.3 is 6.09 Å². The summed E-state index contributed by atoms with van der Waals surface area (Å²) in [7, 11) is 3.14. The maximum absolute atomic E-state index is 14.4. The van der Waals surface area contributed by atoms with Crippen molar-refractivity contribution in [1.29, 1.82) is 0 Å². The van der Waals surface area contributed by atoms with Crippen LogP contribution in [0.3, 0.4) is 0 Å². The first-order valence-corrected chi connectivity index (χ1v) is 19.4. The van der Waals surface area contributed by atoms with Crippen molar-refractivity contribution in [2.24, 2.45) is 40.9 Å². The van der Waals surface area contributed by atoms with E-state index in [2.05, 4.69) is 35.1 Å². The number of nitrogens with one attached hydrogen (secondary N) is 4. The van der Waals surface area contributed by atoms with Crippen LogP contribution in [0.4, 0.5) is 4.79 Å². The first kappa shape index (κ1) is 40.7. The number of carbonyl (C=O) groups is 7. The number of piperidine rings is 1. The molecule has 0 aromatic heterocycles. The third-order valence-electron chi connectivity index (χ3n) is 11.9. The molecule has 1 aliphatic heterocycles. The predicted molar refractivity (Wildman–Crippen MR) is 199 cm³/mol. The molecule has 1 saturated heterocycles. The van der Waals surface area contributed by atoms with Crippen LogP contribution in [-0.2, 0) is 33.5 Å². The van der Waals surface area contributed by atoms with Gasteiger partial charge in [0.2, 0.25) is 29.4 Å². The lowest BCUT2D eigenvalue weighted by Gasteiger charge is -2.37. The summed E-state index contributed by atoms with van der Waals surface area (Å²) in [5.74, 6) is -4.09. The average Bonchev–Trinajstić information content (AvgIpc) is 3.92. The summed E-state index contributed by atoms with van der Waals surface area (Å²) in [6.07, 6.45) is 4.43. The molecule has 0 spiro atoms. The second-order valence-corrected chi connectivity index (χ2v) is 17.0. The quantitative estimate of drug-likeness (QED) is 0.197. The molecule has 1 aromatic rings. The number of Topliss-reactive ketones (excluding diaryl/α,β-unsaturated/α-hetero) is 1. The van der Waals surface area contributed by atoms with Crippen molar-refractivity contribution in [2.75, 3.05) is 33.8 Å². The van der Waals surface area contributed by atoms with E-state index < -0.39 is 60.3 Å². The number of hydrogen-bond donors (Lipinski definition) is 4. The number of fused-ring (bicyclic) bond motifs is 1. The number of likely N-dealkylation sites (N-methyl/N-ethyl adjacent to an activating group) is 1. The Labute approximate surface area is 318 Å². The van der Waals surface area contributed by atoms with E-state index in [1.54, 1.807) is 49.3 Å². The first-order chi connectivity index (χ1) is 25.5. The van der Waals surface area contributed by atoms with Crippen LogP contribution in [0.2, 0.25) is 0 Å². The minimum Gasteiger partial charge on any atom is -0.449 e. The highest BCUT2D eigenvalue weighted by molar-refractivity contribution is 6.38. The normalized spacial score (nSPS) is 25.6. The van der Waals surface area contributed by atoms with Gasteiger partial charge in [-0.2, -0.15) is 0 Å². The minimum atomic E-state index is -1.15. The van der Waals surface area contributed by atoms with Crippen molar-refractivity contribution in [2.45, 2.75) is 97.3 Å². The van der Waals surface area contributed by atoms with E-state index in [1.807, 2.05) is 20.8 Å². The number of carbonyl (C=O) groups excluding carboxylic acids is 7. The lowest BCUT2D eigenvalue weighted by Crippen LogP contribution is -2.60. The number of benzene rings is 1. The number of ether oxygens (including phenoxy) is 1. The number of amides is 6. The molecular formula is C40H58N6O8. The second-order valence-electron chi connectivity index (χ2n) is 17.0.